The second kappa shape index (κ2) is 11.8. The molecule has 0 aliphatic heterocycles. The van der Waals surface area contributed by atoms with Crippen LogP contribution in [0.2, 0.25) is 0 Å². The predicted octanol–water partition coefficient (Wildman–Crippen LogP) is 6.90. The Morgan fingerprint density at radius 1 is 0.562 bits per heavy atom. The predicted molar refractivity (Wildman–Crippen MR) is 122 cm³/mol. The molecule has 4 heteroatoms. The molecule has 0 spiro atoms. The van der Waals surface area contributed by atoms with Crippen molar-refractivity contribution in [3.05, 3.63) is 133 Å². The molecule has 1 radical (unpaired) electrons. The van der Waals surface area contributed by atoms with Gasteiger partial charge in [-0.05, 0) is 34.6 Å². The number of aromatic nitrogens is 2. The van der Waals surface area contributed by atoms with E-state index in [0.717, 1.165) is 28.1 Å². The topological polar surface area (TPSA) is 25.8 Å². The van der Waals surface area contributed by atoms with Crippen LogP contribution in [0.15, 0.2) is 116 Å². The zero-order valence-corrected chi connectivity index (χ0v) is 19.5. The van der Waals surface area contributed by atoms with Crippen molar-refractivity contribution in [1.82, 2.24) is 9.97 Å². The minimum absolute atomic E-state index is 0. The van der Waals surface area contributed by atoms with Gasteiger partial charge in [-0.2, -0.15) is 0 Å². The van der Waals surface area contributed by atoms with E-state index < -0.39 is 0 Å². The van der Waals surface area contributed by atoms with E-state index in [2.05, 4.69) is 22.1 Å². The second-order valence-electron chi connectivity index (χ2n) is 6.71. The summed E-state index contributed by atoms with van der Waals surface area (Å²) in [6.45, 7) is 0. The fourth-order valence-corrected chi connectivity index (χ4v) is 3.05. The molecule has 159 valence electrons. The first-order chi connectivity index (χ1) is 15.3. The van der Waals surface area contributed by atoms with Gasteiger partial charge in [0.1, 0.15) is 0 Å². The normalized spacial score (nSPS) is 9.78. The summed E-state index contributed by atoms with van der Waals surface area (Å²) in [6, 6.07) is 38.1. The molecule has 0 saturated carbocycles. The van der Waals surface area contributed by atoms with E-state index in [9.17, 15) is 4.39 Å². The molecule has 0 atom stereocenters. The molecule has 32 heavy (non-hydrogen) atoms. The monoisotopic (exact) mass is 595 g/mol. The average Bonchev–Trinajstić information content (AvgIpc) is 2.86. The third-order valence-electron chi connectivity index (χ3n) is 4.56. The molecule has 5 aromatic rings. The summed E-state index contributed by atoms with van der Waals surface area (Å²) < 4.78 is 13.2. The van der Waals surface area contributed by atoms with Gasteiger partial charge in [0.15, 0.2) is 0 Å². The smallest absolute Gasteiger partial charge is 0.0418 e. The Morgan fingerprint density at radius 2 is 1.31 bits per heavy atom. The number of hydrogen-bond acceptors (Lipinski definition) is 2. The molecule has 0 aliphatic rings. The van der Waals surface area contributed by atoms with Crippen molar-refractivity contribution in [3.8, 4) is 33.6 Å². The largest absolute Gasteiger partial charge is 0.305 e. The van der Waals surface area contributed by atoms with Crippen molar-refractivity contribution in [1.29, 1.82) is 0 Å². The molecule has 2 aromatic heterocycles. The molecule has 0 N–H and O–H groups in total. The number of pyridine rings is 2. The summed E-state index contributed by atoms with van der Waals surface area (Å²) in [5, 5.41) is 0. The van der Waals surface area contributed by atoms with E-state index in [-0.39, 0.29) is 25.9 Å². The van der Waals surface area contributed by atoms with Crippen LogP contribution in [-0.4, -0.2) is 9.97 Å². The van der Waals surface area contributed by atoms with Gasteiger partial charge in [0.2, 0.25) is 0 Å². The Bertz CT molecular complexity index is 1190. The Kier molecular flexibility index (Phi) is 8.56. The van der Waals surface area contributed by atoms with Crippen LogP contribution in [0, 0.1) is 17.9 Å². The maximum Gasteiger partial charge on any atom is 0.0418 e. The quantitative estimate of drug-likeness (QED) is 0.213. The Labute approximate surface area is 201 Å². The van der Waals surface area contributed by atoms with Crippen molar-refractivity contribution in [2.24, 2.45) is 0 Å². The Hall–Kier alpha value is -3.46. The van der Waals surface area contributed by atoms with E-state index in [1.165, 1.54) is 12.1 Å². The van der Waals surface area contributed by atoms with E-state index >= 15 is 0 Å². The van der Waals surface area contributed by atoms with Gasteiger partial charge in [-0.15, -0.1) is 65.7 Å². The fraction of sp³-hybridized carbons (Fsp3) is 0. The standard InChI is InChI=1S/C17H11FN.C11H8N.Ir/c18-16-8-4-7-15(11-16)17-12-14(9-10-19-17)13-5-2-1-3-6-13;1-2-6-10(7-3-1)11-8-4-5-9-12-11;/h1-6,8-12H;1-6,8-9H;/q2*-1;. The molecular formula is C28H19FIrN2-2. The zero-order chi connectivity index (χ0) is 21.3. The number of rotatable bonds is 3. The third kappa shape index (κ3) is 6.27. The van der Waals surface area contributed by atoms with Crippen molar-refractivity contribution in [2.45, 2.75) is 0 Å². The van der Waals surface area contributed by atoms with Gasteiger partial charge in [0.25, 0.3) is 0 Å². The van der Waals surface area contributed by atoms with E-state index in [1.54, 1.807) is 18.5 Å². The molecule has 0 amide bonds. The van der Waals surface area contributed by atoms with Crippen LogP contribution in [0.4, 0.5) is 4.39 Å². The van der Waals surface area contributed by atoms with Crippen LogP contribution in [0.5, 0.6) is 0 Å². The number of benzene rings is 3. The molecule has 0 bridgehead atoms. The first-order valence-electron chi connectivity index (χ1n) is 9.87. The van der Waals surface area contributed by atoms with Crippen molar-refractivity contribution < 1.29 is 24.5 Å². The van der Waals surface area contributed by atoms with Crippen LogP contribution >= 0.6 is 0 Å². The maximum atomic E-state index is 13.2. The maximum absolute atomic E-state index is 13.2. The van der Waals surface area contributed by atoms with Crippen LogP contribution < -0.4 is 0 Å². The molecule has 2 heterocycles. The average molecular weight is 595 g/mol. The Morgan fingerprint density at radius 3 is 2.03 bits per heavy atom. The van der Waals surface area contributed by atoms with Crippen LogP contribution in [0.25, 0.3) is 33.6 Å². The molecule has 0 unspecified atom stereocenters. The molecular weight excluding hydrogens is 576 g/mol. The van der Waals surface area contributed by atoms with E-state index in [0.29, 0.717) is 5.56 Å². The summed E-state index contributed by atoms with van der Waals surface area (Å²) in [5.41, 5.74) is 5.57. The van der Waals surface area contributed by atoms with Crippen LogP contribution in [0.3, 0.4) is 0 Å². The first kappa shape index (κ1) is 23.2. The Balaban J connectivity index is 0.000000193. The third-order valence-corrected chi connectivity index (χ3v) is 4.56. The van der Waals surface area contributed by atoms with Gasteiger partial charge in [-0.25, -0.2) is 4.39 Å². The molecule has 0 aliphatic carbocycles. The van der Waals surface area contributed by atoms with Crippen molar-refractivity contribution in [2.75, 3.05) is 0 Å². The molecule has 2 nitrogen and oxygen atoms in total. The van der Waals surface area contributed by atoms with Gasteiger partial charge in [0, 0.05) is 38.3 Å². The van der Waals surface area contributed by atoms with Gasteiger partial charge < -0.3 is 9.97 Å². The van der Waals surface area contributed by atoms with Gasteiger partial charge in [0.05, 0.1) is 0 Å². The number of halogens is 1. The van der Waals surface area contributed by atoms with Gasteiger partial charge in [-0.1, -0.05) is 48.5 Å². The summed E-state index contributed by atoms with van der Waals surface area (Å²) >= 11 is 0. The van der Waals surface area contributed by atoms with Crippen molar-refractivity contribution >= 4 is 0 Å². The number of nitrogens with zero attached hydrogens (tertiary/aromatic N) is 2. The first-order valence-corrected chi connectivity index (χ1v) is 9.87. The van der Waals surface area contributed by atoms with Crippen LogP contribution in [-0.2, 0) is 20.1 Å². The summed E-state index contributed by atoms with van der Waals surface area (Å²) in [7, 11) is 0. The molecule has 5 rings (SSSR count). The summed E-state index contributed by atoms with van der Waals surface area (Å²) in [5.74, 6) is -0.277. The van der Waals surface area contributed by atoms with Gasteiger partial charge >= 0.3 is 0 Å². The summed E-state index contributed by atoms with van der Waals surface area (Å²) in [4.78, 5) is 8.50. The summed E-state index contributed by atoms with van der Waals surface area (Å²) in [6.07, 6.45) is 3.52. The minimum Gasteiger partial charge on any atom is -0.305 e. The molecule has 3 aromatic carbocycles. The molecule has 0 saturated heterocycles. The SMILES string of the molecule is Fc1cc[c-]c(-c2cc(-c3ccccc3)ccn2)c1.[Ir].[c-]1ccccc1-c1ccccn1. The van der Waals surface area contributed by atoms with Crippen molar-refractivity contribution in [3.63, 3.8) is 0 Å². The fourth-order valence-electron chi connectivity index (χ4n) is 3.05. The van der Waals surface area contributed by atoms with Crippen LogP contribution in [0.1, 0.15) is 0 Å². The minimum atomic E-state index is -0.277. The second-order valence-corrected chi connectivity index (χ2v) is 6.71. The molecule has 0 fully saturated rings. The van der Waals surface area contributed by atoms with Gasteiger partial charge in [-0.3, -0.25) is 0 Å². The van der Waals surface area contributed by atoms with E-state index in [4.69, 9.17) is 0 Å². The van der Waals surface area contributed by atoms with E-state index in [1.807, 2.05) is 84.9 Å². The zero-order valence-electron chi connectivity index (χ0n) is 17.1. The number of hydrogen-bond donors (Lipinski definition) is 0.